The molecule has 0 aliphatic heterocycles. The van der Waals surface area contributed by atoms with E-state index in [1.54, 1.807) is 11.7 Å². The summed E-state index contributed by atoms with van der Waals surface area (Å²) in [6.07, 6.45) is 3.02. The van der Waals surface area contributed by atoms with Gasteiger partial charge in [0, 0.05) is 12.3 Å². The molecule has 2 aromatic rings. The fraction of sp³-hybridized carbons (Fsp3) is 0.167. The number of nitrogens with zero attached hydrogens (tertiary/aromatic N) is 2. The third-order valence-corrected chi connectivity index (χ3v) is 2.98. The van der Waals surface area contributed by atoms with Gasteiger partial charge in [0.25, 0.3) is 5.56 Å². The highest BCUT2D eigenvalue weighted by atomic mass is 79.9. The van der Waals surface area contributed by atoms with Gasteiger partial charge in [0.1, 0.15) is 5.75 Å². The fourth-order valence-electron chi connectivity index (χ4n) is 1.50. The van der Waals surface area contributed by atoms with Gasteiger partial charge in [-0.3, -0.25) is 9.36 Å². The molecular formula is C12H11BrN2O2. The second kappa shape index (κ2) is 5.14. The molecule has 5 heteroatoms. The molecule has 1 aromatic carbocycles. The number of aromatic nitrogens is 2. The first-order valence-corrected chi connectivity index (χ1v) is 5.83. The number of rotatable bonds is 3. The Bertz CT molecular complexity index is 581. The van der Waals surface area contributed by atoms with Crippen LogP contribution in [0.2, 0.25) is 0 Å². The summed E-state index contributed by atoms with van der Waals surface area (Å²) in [5.74, 6) is 0.771. The number of hydrogen-bond acceptors (Lipinski definition) is 3. The standard InChI is InChI=1S/C12H11BrN2O2/c1-17-11-3-2-9(6-10(11)13)7-15-8-14-5-4-12(15)16/h2-6,8H,7H2,1H3. The van der Waals surface area contributed by atoms with Gasteiger partial charge >= 0.3 is 0 Å². The van der Waals surface area contributed by atoms with Crippen molar-refractivity contribution in [1.82, 2.24) is 9.55 Å². The number of halogens is 1. The molecule has 2 rings (SSSR count). The molecule has 0 saturated heterocycles. The second-order valence-electron chi connectivity index (χ2n) is 3.52. The van der Waals surface area contributed by atoms with Crippen LogP contribution < -0.4 is 10.3 Å². The minimum atomic E-state index is -0.0630. The van der Waals surface area contributed by atoms with Gasteiger partial charge in [0.05, 0.1) is 24.5 Å². The Labute approximate surface area is 107 Å². The van der Waals surface area contributed by atoms with E-state index in [-0.39, 0.29) is 5.56 Å². The van der Waals surface area contributed by atoms with Gasteiger partial charge in [-0.25, -0.2) is 4.98 Å². The van der Waals surface area contributed by atoms with Crippen LogP contribution in [0.3, 0.4) is 0 Å². The van der Waals surface area contributed by atoms with Crippen molar-refractivity contribution >= 4 is 15.9 Å². The molecule has 88 valence electrons. The SMILES string of the molecule is COc1ccc(Cn2cnccc2=O)cc1Br. The summed E-state index contributed by atoms with van der Waals surface area (Å²) in [7, 11) is 1.62. The third-order valence-electron chi connectivity index (χ3n) is 2.36. The molecule has 0 aliphatic carbocycles. The van der Waals surface area contributed by atoms with Crippen LogP contribution in [-0.2, 0) is 6.54 Å². The lowest BCUT2D eigenvalue weighted by atomic mass is 10.2. The average Bonchev–Trinajstić information content (AvgIpc) is 2.32. The summed E-state index contributed by atoms with van der Waals surface area (Å²) in [6, 6.07) is 7.15. The zero-order chi connectivity index (χ0) is 12.3. The van der Waals surface area contributed by atoms with E-state index in [0.717, 1.165) is 15.8 Å². The van der Waals surface area contributed by atoms with Crippen LogP contribution >= 0.6 is 15.9 Å². The Morgan fingerprint density at radius 2 is 2.24 bits per heavy atom. The van der Waals surface area contributed by atoms with Gasteiger partial charge in [0.2, 0.25) is 0 Å². The van der Waals surface area contributed by atoms with E-state index in [1.165, 1.54) is 18.6 Å². The Morgan fingerprint density at radius 3 is 2.88 bits per heavy atom. The van der Waals surface area contributed by atoms with Crippen LogP contribution in [0.1, 0.15) is 5.56 Å². The number of ether oxygens (including phenoxy) is 1. The number of benzene rings is 1. The second-order valence-corrected chi connectivity index (χ2v) is 4.37. The van der Waals surface area contributed by atoms with Crippen LogP contribution in [0.5, 0.6) is 5.75 Å². The Morgan fingerprint density at radius 1 is 1.41 bits per heavy atom. The van der Waals surface area contributed by atoms with Crippen molar-refractivity contribution in [1.29, 1.82) is 0 Å². The van der Waals surface area contributed by atoms with E-state index >= 15 is 0 Å². The monoisotopic (exact) mass is 294 g/mol. The van der Waals surface area contributed by atoms with Gasteiger partial charge in [-0.2, -0.15) is 0 Å². The zero-order valence-electron chi connectivity index (χ0n) is 9.26. The van der Waals surface area contributed by atoms with Gasteiger partial charge in [0.15, 0.2) is 0 Å². The largest absolute Gasteiger partial charge is 0.496 e. The summed E-state index contributed by atoms with van der Waals surface area (Å²) in [5.41, 5.74) is 0.944. The molecule has 17 heavy (non-hydrogen) atoms. The summed E-state index contributed by atoms with van der Waals surface area (Å²) in [6.45, 7) is 0.495. The van der Waals surface area contributed by atoms with Gasteiger partial charge in [-0.15, -0.1) is 0 Å². The summed E-state index contributed by atoms with van der Waals surface area (Å²) in [4.78, 5) is 15.4. The quantitative estimate of drug-likeness (QED) is 0.870. The molecular weight excluding hydrogens is 284 g/mol. The minimum Gasteiger partial charge on any atom is -0.496 e. The normalized spacial score (nSPS) is 10.2. The molecule has 0 spiro atoms. The van der Waals surface area contributed by atoms with Gasteiger partial charge in [-0.1, -0.05) is 6.07 Å². The molecule has 0 N–H and O–H groups in total. The van der Waals surface area contributed by atoms with Crippen LogP contribution in [0.15, 0.2) is 46.1 Å². The van der Waals surface area contributed by atoms with Crippen molar-refractivity contribution in [3.8, 4) is 5.75 Å². The molecule has 0 aliphatic rings. The minimum absolute atomic E-state index is 0.0630. The highest BCUT2D eigenvalue weighted by Gasteiger charge is 2.02. The van der Waals surface area contributed by atoms with Crippen LogP contribution in [0, 0.1) is 0 Å². The summed E-state index contributed by atoms with van der Waals surface area (Å²) < 4.78 is 7.57. The number of hydrogen-bond donors (Lipinski definition) is 0. The molecule has 0 saturated carbocycles. The van der Waals surface area contributed by atoms with E-state index < -0.39 is 0 Å². The van der Waals surface area contributed by atoms with Gasteiger partial charge in [-0.05, 0) is 33.6 Å². The molecule has 0 radical (unpaired) electrons. The van der Waals surface area contributed by atoms with E-state index in [4.69, 9.17) is 4.74 Å². The first-order valence-electron chi connectivity index (χ1n) is 5.03. The van der Waals surface area contributed by atoms with Crippen molar-refractivity contribution in [3.63, 3.8) is 0 Å². The molecule has 0 bridgehead atoms. The van der Waals surface area contributed by atoms with E-state index in [0.29, 0.717) is 6.54 Å². The molecule has 0 amide bonds. The number of methoxy groups -OCH3 is 1. The lowest BCUT2D eigenvalue weighted by Gasteiger charge is -2.07. The highest BCUT2D eigenvalue weighted by molar-refractivity contribution is 9.10. The third kappa shape index (κ3) is 2.74. The molecule has 1 heterocycles. The van der Waals surface area contributed by atoms with E-state index in [1.807, 2.05) is 18.2 Å². The zero-order valence-corrected chi connectivity index (χ0v) is 10.8. The van der Waals surface area contributed by atoms with Crippen molar-refractivity contribution in [2.45, 2.75) is 6.54 Å². The van der Waals surface area contributed by atoms with Crippen LogP contribution in [-0.4, -0.2) is 16.7 Å². The average molecular weight is 295 g/mol. The first kappa shape index (κ1) is 11.9. The van der Waals surface area contributed by atoms with E-state index in [9.17, 15) is 4.79 Å². The van der Waals surface area contributed by atoms with Crippen molar-refractivity contribution in [2.24, 2.45) is 0 Å². The molecule has 0 unspecified atom stereocenters. The predicted molar refractivity (Wildman–Crippen MR) is 68.3 cm³/mol. The van der Waals surface area contributed by atoms with E-state index in [2.05, 4.69) is 20.9 Å². The Hall–Kier alpha value is -1.62. The van der Waals surface area contributed by atoms with Crippen molar-refractivity contribution in [2.75, 3.05) is 7.11 Å². The predicted octanol–water partition coefficient (Wildman–Crippen LogP) is 2.06. The lowest BCUT2D eigenvalue weighted by Crippen LogP contribution is -2.19. The molecule has 0 fully saturated rings. The topological polar surface area (TPSA) is 44.1 Å². The van der Waals surface area contributed by atoms with Crippen LogP contribution in [0.25, 0.3) is 0 Å². The maximum absolute atomic E-state index is 11.5. The lowest BCUT2D eigenvalue weighted by molar-refractivity contribution is 0.412. The molecule has 0 atom stereocenters. The smallest absolute Gasteiger partial charge is 0.253 e. The maximum atomic E-state index is 11.5. The summed E-state index contributed by atoms with van der Waals surface area (Å²) >= 11 is 3.41. The van der Waals surface area contributed by atoms with Crippen molar-refractivity contribution in [3.05, 3.63) is 57.2 Å². The maximum Gasteiger partial charge on any atom is 0.253 e. The van der Waals surface area contributed by atoms with Crippen molar-refractivity contribution < 1.29 is 4.74 Å². The summed E-state index contributed by atoms with van der Waals surface area (Å²) in [5, 5.41) is 0. The Balaban J connectivity index is 2.28. The molecule has 1 aromatic heterocycles. The highest BCUT2D eigenvalue weighted by Crippen LogP contribution is 2.25. The van der Waals surface area contributed by atoms with Crippen LogP contribution in [0.4, 0.5) is 0 Å². The fourth-order valence-corrected chi connectivity index (χ4v) is 2.09. The first-order chi connectivity index (χ1) is 8.20. The molecule has 4 nitrogen and oxygen atoms in total. The Kier molecular flexibility index (Phi) is 3.58. The van der Waals surface area contributed by atoms with Gasteiger partial charge < -0.3 is 4.74 Å².